The number of sulfonamides is 1. The zero-order valence-electron chi connectivity index (χ0n) is 16.1. The Morgan fingerprint density at radius 1 is 1.11 bits per heavy atom. The lowest BCUT2D eigenvalue weighted by molar-refractivity contribution is -0.118. The highest BCUT2D eigenvalue weighted by molar-refractivity contribution is 7.89. The molecule has 1 amide bonds. The summed E-state index contributed by atoms with van der Waals surface area (Å²) in [6.07, 6.45) is 2.83. The van der Waals surface area contributed by atoms with Crippen molar-refractivity contribution in [1.29, 1.82) is 0 Å². The Labute approximate surface area is 161 Å². The summed E-state index contributed by atoms with van der Waals surface area (Å²) in [6, 6.07) is 6.48. The number of hydrogen-bond acceptors (Lipinski definition) is 5. The van der Waals surface area contributed by atoms with Gasteiger partial charge in [0, 0.05) is 30.9 Å². The van der Waals surface area contributed by atoms with Crippen LogP contribution < -0.4 is 5.32 Å². The molecular formula is C19H29N3O4S. The van der Waals surface area contributed by atoms with Crippen molar-refractivity contribution >= 4 is 21.6 Å². The number of rotatable bonds is 5. The summed E-state index contributed by atoms with van der Waals surface area (Å²) in [5.41, 5.74) is 0.604. The van der Waals surface area contributed by atoms with Gasteiger partial charge in [-0.25, -0.2) is 8.42 Å². The maximum atomic E-state index is 13.0. The standard InChI is InChI=1S/C19H29N3O4S/c1-15-4-3-5-16(2)22(15)27(24,25)18-8-6-17(7-9-18)20-19(23)14-21-10-12-26-13-11-21/h6-9,15-16H,3-5,10-14H2,1-2H3,(H,20,23)/t15-,16+. The normalized spacial score (nSPS) is 25.3. The molecule has 0 bridgehead atoms. The van der Waals surface area contributed by atoms with Crippen LogP contribution >= 0.6 is 0 Å². The second kappa shape index (κ2) is 8.68. The molecule has 0 aromatic heterocycles. The van der Waals surface area contributed by atoms with E-state index in [0.717, 1.165) is 32.4 Å². The molecule has 2 saturated heterocycles. The van der Waals surface area contributed by atoms with Crippen molar-refractivity contribution in [3.63, 3.8) is 0 Å². The number of piperidine rings is 1. The van der Waals surface area contributed by atoms with Crippen molar-refractivity contribution < 1.29 is 17.9 Å². The van der Waals surface area contributed by atoms with Crippen LogP contribution in [0, 0.1) is 0 Å². The molecule has 0 saturated carbocycles. The van der Waals surface area contributed by atoms with Gasteiger partial charge in [-0.2, -0.15) is 4.31 Å². The minimum atomic E-state index is -3.53. The minimum Gasteiger partial charge on any atom is -0.379 e. The number of hydrogen-bond donors (Lipinski definition) is 1. The molecule has 3 rings (SSSR count). The SMILES string of the molecule is C[C@@H]1CCC[C@H](C)N1S(=O)(=O)c1ccc(NC(=O)CN2CCOCC2)cc1. The first-order valence-corrected chi connectivity index (χ1v) is 11.1. The van der Waals surface area contributed by atoms with Crippen molar-refractivity contribution in [3.05, 3.63) is 24.3 Å². The van der Waals surface area contributed by atoms with Gasteiger partial charge in [0.05, 0.1) is 24.7 Å². The number of nitrogens with zero attached hydrogens (tertiary/aromatic N) is 2. The molecule has 27 heavy (non-hydrogen) atoms. The predicted molar refractivity (Wildman–Crippen MR) is 104 cm³/mol. The van der Waals surface area contributed by atoms with E-state index < -0.39 is 10.0 Å². The van der Waals surface area contributed by atoms with E-state index in [0.29, 0.717) is 25.4 Å². The van der Waals surface area contributed by atoms with Crippen LogP contribution in [0.1, 0.15) is 33.1 Å². The molecule has 150 valence electrons. The molecule has 8 heteroatoms. The van der Waals surface area contributed by atoms with Gasteiger partial charge in [0.1, 0.15) is 0 Å². The van der Waals surface area contributed by atoms with Crippen LogP contribution in [-0.2, 0) is 19.6 Å². The predicted octanol–water partition coefficient (Wildman–Crippen LogP) is 1.91. The maximum Gasteiger partial charge on any atom is 0.243 e. The number of anilines is 1. The minimum absolute atomic E-state index is 0.00616. The average molecular weight is 396 g/mol. The third-order valence-corrected chi connectivity index (χ3v) is 7.44. The number of amides is 1. The number of morpholine rings is 1. The summed E-state index contributed by atoms with van der Waals surface area (Å²) in [5, 5.41) is 2.84. The van der Waals surface area contributed by atoms with Crippen molar-refractivity contribution in [3.8, 4) is 0 Å². The van der Waals surface area contributed by atoms with E-state index in [1.54, 1.807) is 28.6 Å². The molecule has 1 N–H and O–H groups in total. The lowest BCUT2D eigenvalue weighted by Crippen LogP contribution is -2.47. The van der Waals surface area contributed by atoms with Gasteiger partial charge in [-0.15, -0.1) is 0 Å². The highest BCUT2D eigenvalue weighted by Crippen LogP contribution is 2.29. The largest absolute Gasteiger partial charge is 0.379 e. The molecule has 2 fully saturated rings. The third kappa shape index (κ3) is 4.87. The summed E-state index contributed by atoms with van der Waals surface area (Å²) in [5.74, 6) is -0.106. The summed E-state index contributed by atoms with van der Waals surface area (Å²) in [7, 11) is -3.53. The van der Waals surface area contributed by atoms with Crippen LogP contribution in [0.3, 0.4) is 0 Å². The Kier molecular flexibility index (Phi) is 6.52. The second-order valence-electron chi connectivity index (χ2n) is 7.42. The zero-order valence-corrected chi connectivity index (χ0v) is 16.9. The highest BCUT2D eigenvalue weighted by Gasteiger charge is 2.35. The van der Waals surface area contributed by atoms with Gasteiger partial charge in [-0.05, 0) is 51.0 Å². The Hall–Kier alpha value is -1.48. The van der Waals surface area contributed by atoms with Crippen LogP contribution in [0.5, 0.6) is 0 Å². The Morgan fingerprint density at radius 3 is 2.30 bits per heavy atom. The maximum absolute atomic E-state index is 13.0. The average Bonchev–Trinajstić information content (AvgIpc) is 2.62. The first-order valence-electron chi connectivity index (χ1n) is 9.61. The molecule has 0 unspecified atom stereocenters. The quantitative estimate of drug-likeness (QED) is 0.824. The summed E-state index contributed by atoms with van der Waals surface area (Å²) < 4.78 is 33.0. The molecular weight excluding hydrogens is 366 g/mol. The summed E-state index contributed by atoms with van der Waals surface area (Å²) >= 11 is 0. The van der Waals surface area contributed by atoms with Gasteiger partial charge in [-0.3, -0.25) is 9.69 Å². The third-order valence-electron chi connectivity index (χ3n) is 5.30. The van der Waals surface area contributed by atoms with E-state index in [1.165, 1.54) is 0 Å². The lowest BCUT2D eigenvalue weighted by atomic mass is 10.0. The van der Waals surface area contributed by atoms with Crippen molar-refractivity contribution in [1.82, 2.24) is 9.21 Å². The van der Waals surface area contributed by atoms with Gasteiger partial charge < -0.3 is 10.1 Å². The fourth-order valence-corrected chi connectivity index (χ4v) is 5.75. The van der Waals surface area contributed by atoms with Gasteiger partial charge in [0.15, 0.2) is 0 Å². The first-order chi connectivity index (χ1) is 12.9. The highest BCUT2D eigenvalue weighted by atomic mass is 32.2. The topological polar surface area (TPSA) is 79.0 Å². The number of carbonyl (C=O) groups is 1. The van der Waals surface area contributed by atoms with E-state index in [4.69, 9.17) is 4.74 Å². The van der Waals surface area contributed by atoms with Crippen molar-refractivity contribution in [2.24, 2.45) is 0 Å². The molecule has 2 aliphatic heterocycles. The molecule has 1 aromatic carbocycles. The van der Waals surface area contributed by atoms with Gasteiger partial charge in [0.25, 0.3) is 0 Å². The fourth-order valence-electron chi connectivity index (χ4n) is 3.87. The van der Waals surface area contributed by atoms with Crippen molar-refractivity contribution in [2.75, 3.05) is 38.2 Å². The van der Waals surface area contributed by atoms with Gasteiger partial charge >= 0.3 is 0 Å². The second-order valence-corrected chi connectivity index (χ2v) is 9.27. The first kappa shape index (κ1) is 20.3. The molecule has 0 radical (unpaired) electrons. The summed E-state index contributed by atoms with van der Waals surface area (Å²) in [6.45, 7) is 7.03. The monoisotopic (exact) mass is 395 g/mol. The fraction of sp³-hybridized carbons (Fsp3) is 0.632. The van der Waals surface area contributed by atoms with Crippen LogP contribution in [0.2, 0.25) is 0 Å². The number of carbonyl (C=O) groups excluding carboxylic acids is 1. The number of ether oxygens (including phenoxy) is 1. The molecule has 2 atom stereocenters. The zero-order chi connectivity index (χ0) is 19.4. The molecule has 1 aromatic rings. The van der Waals surface area contributed by atoms with E-state index in [1.807, 2.05) is 18.7 Å². The van der Waals surface area contributed by atoms with Gasteiger partial charge in [0.2, 0.25) is 15.9 Å². The lowest BCUT2D eigenvalue weighted by Gasteiger charge is -2.37. The van der Waals surface area contributed by atoms with Crippen LogP contribution in [0.15, 0.2) is 29.2 Å². The molecule has 0 spiro atoms. The summed E-state index contributed by atoms with van der Waals surface area (Å²) in [4.78, 5) is 14.5. The van der Waals surface area contributed by atoms with Gasteiger partial charge in [-0.1, -0.05) is 6.42 Å². The Balaban J connectivity index is 1.64. The van der Waals surface area contributed by atoms with E-state index >= 15 is 0 Å². The van der Waals surface area contributed by atoms with E-state index in [-0.39, 0.29) is 22.9 Å². The van der Waals surface area contributed by atoms with E-state index in [9.17, 15) is 13.2 Å². The van der Waals surface area contributed by atoms with Crippen LogP contribution in [0.4, 0.5) is 5.69 Å². The van der Waals surface area contributed by atoms with Crippen molar-refractivity contribution in [2.45, 2.75) is 50.1 Å². The molecule has 7 nitrogen and oxygen atoms in total. The van der Waals surface area contributed by atoms with Crippen LogP contribution in [-0.4, -0.2) is 68.5 Å². The van der Waals surface area contributed by atoms with Crippen LogP contribution in [0.25, 0.3) is 0 Å². The molecule has 0 aliphatic carbocycles. The Bertz CT molecular complexity index is 735. The number of benzene rings is 1. The smallest absolute Gasteiger partial charge is 0.243 e. The number of nitrogens with one attached hydrogen (secondary N) is 1. The molecule has 2 aliphatic rings. The van der Waals surface area contributed by atoms with E-state index in [2.05, 4.69) is 5.32 Å². The Morgan fingerprint density at radius 2 is 1.70 bits per heavy atom. The molecule has 2 heterocycles.